The van der Waals surface area contributed by atoms with Crippen molar-refractivity contribution >= 4 is 0 Å². The Balaban J connectivity index is 2.29. The molecule has 13 heavy (non-hydrogen) atoms. The van der Waals surface area contributed by atoms with Gasteiger partial charge in [-0.1, -0.05) is 0 Å². The molecule has 1 saturated heterocycles. The number of aryl methyl sites for hydroxylation is 1. The van der Waals surface area contributed by atoms with Crippen LogP contribution < -0.4 is 0 Å². The van der Waals surface area contributed by atoms with Gasteiger partial charge in [-0.3, -0.25) is 4.98 Å². The lowest BCUT2D eigenvalue weighted by Gasteiger charge is -2.14. The molecule has 0 bridgehead atoms. The molecule has 0 unspecified atom stereocenters. The summed E-state index contributed by atoms with van der Waals surface area (Å²) >= 11 is 0. The Morgan fingerprint density at radius 3 is 3.00 bits per heavy atom. The minimum atomic E-state index is -0.372. The van der Waals surface area contributed by atoms with Crippen LogP contribution in [0, 0.1) is 6.92 Å². The Morgan fingerprint density at radius 1 is 1.54 bits per heavy atom. The summed E-state index contributed by atoms with van der Waals surface area (Å²) < 4.78 is 5.20. The number of pyridine rings is 1. The molecule has 3 nitrogen and oxygen atoms in total. The van der Waals surface area contributed by atoms with E-state index in [9.17, 15) is 5.11 Å². The molecule has 1 aromatic heterocycles. The first kappa shape index (κ1) is 8.66. The largest absolute Gasteiger partial charge is 0.390 e. The number of ether oxygens (including phenoxy) is 1. The second-order valence-corrected chi connectivity index (χ2v) is 3.44. The zero-order valence-electron chi connectivity index (χ0n) is 7.60. The van der Waals surface area contributed by atoms with Gasteiger partial charge in [-0.05, 0) is 24.1 Å². The number of hydrogen-bond donors (Lipinski definition) is 1. The highest BCUT2D eigenvalue weighted by Gasteiger charge is 2.28. The molecule has 2 atom stereocenters. The Bertz CT molecular complexity index is 301. The number of nitrogens with zero attached hydrogens (tertiary/aromatic N) is 1. The van der Waals surface area contributed by atoms with Crippen LogP contribution in [0.5, 0.6) is 0 Å². The third-order valence-corrected chi connectivity index (χ3v) is 2.53. The molecule has 0 aromatic carbocycles. The highest BCUT2D eigenvalue weighted by atomic mass is 16.5. The molecule has 70 valence electrons. The molecule has 2 rings (SSSR count). The van der Waals surface area contributed by atoms with E-state index in [4.69, 9.17) is 4.74 Å². The third-order valence-electron chi connectivity index (χ3n) is 2.53. The van der Waals surface area contributed by atoms with Crippen molar-refractivity contribution in [1.82, 2.24) is 4.98 Å². The van der Waals surface area contributed by atoms with Crippen LogP contribution in [0.25, 0.3) is 0 Å². The van der Waals surface area contributed by atoms with Crippen LogP contribution in [0.15, 0.2) is 18.5 Å². The summed E-state index contributed by atoms with van der Waals surface area (Å²) in [6.07, 6.45) is 3.21. The van der Waals surface area contributed by atoms with E-state index >= 15 is 0 Å². The van der Waals surface area contributed by atoms with Crippen molar-refractivity contribution in [2.45, 2.75) is 18.9 Å². The van der Waals surface area contributed by atoms with Gasteiger partial charge in [0.25, 0.3) is 0 Å². The molecule has 0 saturated carbocycles. The molecule has 0 aliphatic carbocycles. The van der Waals surface area contributed by atoms with Gasteiger partial charge < -0.3 is 9.84 Å². The smallest absolute Gasteiger partial charge is 0.0864 e. The van der Waals surface area contributed by atoms with Gasteiger partial charge in [0, 0.05) is 18.3 Å². The van der Waals surface area contributed by atoms with Gasteiger partial charge in [0.2, 0.25) is 0 Å². The van der Waals surface area contributed by atoms with Crippen LogP contribution in [-0.2, 0) is 4.74 Å². The first-order chi connectivity index (χ1) is 6.29. The average molecular weight is 179 g/mol. The predicted octanol–water partition coefficient (Wildman–Crippen LogP) is 0.865. The summed E-state index contributed by atoms with van der Waals surface area (Å²) in [6.45, 7) is 3.08. The second-order valence-electron chi connectivity index (χ2n) is 3.44. The van der Waals surface area contributed by atoms with Crippen LogP contribution in [0.1, 0.15) is 17.0 Å². The van der Waals surface area contributed by atoms with Crippen molar-refractivity contribution in [2.75, 3.05) is 13.2 Å². The van der Waals surface area contributed by atoms with Crippen molar-refractivity contribution < 1.29 is 9.84 Å². The minimum absolute atomic E-state index is 0.105. The lowest BCUT2D eigenvalue weighted by Crippen LogP contribution is -2.16. The number of aromatic nitrogens is 1. The summed E-state index contributed by atoms with van der Waals surface area (Å²) in [7, 11) is 0. The first-order valence-corrected chi connectivity index (χ1v) is 4.45. The van der Waals surface area contributed by atoms with Crippen molar-refractivity contribution in [3.05, 3.63) is 29.6 Å². The van der Waals surface area contributed by atoms with Gasteiger partial charge in [-0.15, -0.1) is 0 Å². The van der Waals surface area contributed by atoms with Gasteiger partial charge in [0.1, 0.15) is 0 Å². The van der Waals surface area contributed by atoms with E-state index in [-0.39, 0.29) is 12.0 Å². The Kier molecular flexibility index (Phi) is 2.29. The number of hydrogen-bond acceptors (Lipinski definition) is 3. The zero-order chi connectivity index (χ0) is 9.26. The molecular formula is C10H13NO2. The summed E-state index contributed by atoms with van der Waals surface area (Å²) in [5, 5.41) is 9.61. The van der Waals surface area contributed by atoms with Gasteiger partial charge in [0.05, 0.1) is 19.3 Å². The SMILES string of the molecule is Cc1ccncc1[C@@H]1COC[C@H]1O. The molecule has 1 aliphatic rings. The Morgan fingerprint density at radius 2 is 2.38 bits per heavy atom. The summed E-state index contributed by atoms with van der Waals surface area (Å²) in [4.78, 5) is 4.06. The fourth-order valence-corrected chi connectivity index (χ4v) is 1.70. The topological polar surface area (TPSA) is 42.4 Å². The lowest BCUT2D eigenvalue weighted by molar-refractivity contribution is 0.124. The Labute approximate surface area is 77.4 Å². The number of aliphatic hydroxyl groups is 1. The maximum atomic E-state index is 9.61. The monoisotopic (exact) mass is 179 g/mol. The van der Waals surface area contributed by atoms with Crippen molar-refractivity contribution in [2.24, 2.45) is 0 Å². The van der Waals surface area contributed by atoms with E-state index in [1.165, 1.54) is 5.56 Å². The molecule has 1 fully saturated rings. The molecule has 1 aromatic rings. The van der Waals surface area contributed by atoms with E-state index in [2.05, 4.69) is 4.98 Å². The van der Waals surface area contributed by atoms with E-state index in [0.29, 0.717) is 13.2 Å². The summed E-state index contributed by atoms with van der Waals surface area (Å²) in [6, 6.07) is 1.96. The molecule has 3 heteroatoms. The van der Waals surface area contributed by atoms with Crippen LogP contribution in [0.3, 0.4) is 0 Å². The molecule has 2 heterocycles. The van der Waals surface area contributed by atoms with E-state index in [1.807, 2.05) is 19.2 Å². The van der Waals surface area contributed by atoms with Gasteiger partial charge in [-0.25, -0.2) is 0 Å². The van der Waals surface area contributed by atoms with Crippen molar-refractivity contribution in [3.63, 3.8) is 0 Å². The highest BCUT2D eigenvalue weighted by molar-refractivity contribution is 5.27. The fourth-order valence-electron chi connectivity index (χ4n) is 1.70. The van der Waals surface area contributed by atoms with E-state index in [1.54, 1.807) is 6.20 Å². The third kappa shape index (κ3) is 1.57. The van der Waals surface area contributed by atoms with Crippen LogP contribution in [0.2, 0.25) is 0 Å². The molecule has 0 spiro atoms. The lowest BCUT2D eigenvalue weighted by atomic mass is 9.94. The van der Waals surface area contributed by atoms with Crippen LogP contribution >= 0.6 is 0 Å². The highest BCUT2D eigenvalue weighted by Crippen LogP contribution is 2.27. The molecular weight excluding hydrogens is 166 g/mol. The minimum Gasteiger partial charge on any atom is -0.390 e. The second kappa shape index (κ2) is 3.44. The molecule has 0 amide bonds. The van der Waals surface area contributed by atoms with Crippen LogP contribution in [0.4, 0.5) is 0 Å². The van der Waals surface area contributed by atoms with Crippen molar-refractivity contribution in [1.29, 1.82) is 0 Å². The number of aliphatic hydroxyl groups excluding tert-OH is 1. The molecule has 1 aliphatic heterocycles. The fraction of sp³-hybridized carbons (Fsp3) is 0.500. The van der Waals surface area contributed by atoms with Gasteiger partial charge in [0.15, 0.2) is 0 Å². The zero-order valence-corrected chi connectivity index (χ0v) is 7.60. The summed E-state index contributed by atoms with van der Waals surface area (Å²) in [5.41, 5.74) is 2.28. The van der Waals surface area contributed by atoms with Gasteiger partial charge in [-0.2, -0.15) is 0 Å². The normalized spacial score (nSPS) is 27.8. The maximum absolute atomic E-state index is 9.61. The predicted molar refractivity (Wildman–Crippen MR) is 48.5 cm³/mol. The first-order valence-electron chi connectivity index (χ1n) is 4.45. The summed E-state index contributed by atoms with van der Waals surface area (Å²) in [5.74, 6) is 0.105. The van der Waals surface area contributed by atoms with E-state index < -0.39 is 0 Å². The quantitative estimate of drug-likeness (QED) is 0.695. The molecule has 1 N–H and O–H groups in total. The standard InChI is InChI=1S/C10H13NO2/c1-7-2-3-11-4-8(7)9-5-13-6-10(9)12/h2-4,9-10,12H,5-6H2,1H3/t9-,10+/m0/s1. The number of rotatable bonds is 1. The Hall–Kier alpha value is -0.930. The molecule has 0 radical (unpaired) electrons. The maximum Gasteiger partial charge on any atom is 0.0864 e. The van der Waals surface area contributed by atoms with Gasteiger partial charge >= 0.3 is 0 Å². The van der Waals surface area contributed by atoms with Crippen molar-refractivity contribution in [3.8, 4) is 0 Å². The van der Waals surface area contributed by atoms with Crippen LogP contribution in [-0.4, -0.2) is 29.4 Å². The average Bonchev–Trinajstić information content (AvgIpc) is 2.52. The van der Waals surface area contributed by atoms with E-state index in [0.717, 1.165) is 5.56 Å².